The van der Waals surface area contributed by atoms with E-state index >= 15 is 0 Å². The molecule has 0 aromatic carbocycles. The van der Waals surface area contributed by atoms with Crippen LogP contribution < -0.4 is 5.32 Å². The van der Waals surface area contributed by atoms with Gasteiger partial charge in [-0.05, 0) is 33.6 Å². The lowest BCUT2D eigenvalue weighted by molar-refractivity contribution is 0.371. The molecule has 1 atom stereocenters. The summed E-state index contributed by atoms with van der Waals surface area (Å²) in [6.45, 7) is 6.52. The molecule has 0 saturated heterocycles. The molecular formula is C12H18N4. The SMILES string of the molecule is CC(C)(C)NC1CCC1=Nc1ccncn1. The normalized spacial score (nSPS) is 23.2. The van der Waals surface area contributed by atoms with Gasteiger partial charge in [0.15, 0.2) is 5.82 Å². The summed E-state index contributed by atoms with van der Waals surface area (Å²) in [5, 5.41) is 3.55. The second-order valence-corrected chi connectivity index (χ2v) is 5.16. The van der Waals surface area contributed by atoms with E-state index in [-0.39, 0.29) is 5.54 Å². The molecule has 1 aromatic heterocycles. The van der Waals surface area contributed by atoms with Crippen molar-refractivity contribution in [3.63, 3.8) is 0 Å². The van der Waals surface area contributed by atoms with E-state index in [0.717, 1.165) is 12.2 Å². The van der Waals surface area contributed by atoms with Gasteiger partial charge in [-0.15, -0.1) is 0 Å². The average molecular weight is 218 g/mol. The first kappa shape index (κ1) is 11.2. The third kappa shape index (κ3) is 2.85. The van der Waals surface area contributed by atoms with Crippen LogP contribution in [0.15, 0.2) is 23.6 Å². The molecule has 1 unspecified atom stereocenters. The van der Waals surface area contributed by atoms with E-state index in [2.05, 4.69) is 41.0 Å². The first-order valence-corrected chi connectivity index (χ1v) is 5.66. The quantitative estimate of drug-likeness (QED) is 0.827. The number of rotatable bonds is 2. The van der Waals surface area contributed by atoms with Crippen molar-refractivity contribution < 1.29 is 0 Å². The fourth-order valence-corrected chi connectivity index (χ4v) is 1.73. The molecule has 1 aliphatic rings. The van der Waals surface area contributed by atoms with Gasteiger partial charge in [0, 0.05) is 29.6 Å². The maximum atomic E-state index is 4.53. The van der Waals surface area contributed by atoms with Gasteiger partial charge in [-0.1, -0.05) is 0 Å². The summed E-state index contributed by atoms with van der Waals surface area (Å²) in [4.78, 5) is 12.5. The zero-order chi connectivity index (χ0) is 11.6. The maximum absolute atomic E-state index is 4.53. The molecule has 2 rings (SSSR count). The van der Waals surface area contributed by atoms with Gasteiger partial charge in [0.05, 0.1) is 0 Å². The summed E-state index contributed by atoms with van der Waals surface area (Å²) < 4.78 is 0. The van der Waals surface area contributed by atoms with E-state index in [0.29, 0.717) is 6.04 Å². The molecule has 86 valence electrons. The second kappa shape index (κ2) is 4.29. The van der Waals surface area contributed by atoms with Gasteiger partial charge < -0.3 is 5.32 Å². The Kier molecular flexibility index (Phi) is 3.01. The molecule has 1 heterocycles. The van der Waals surface area contributed by atoms with Crippen molar-refractivity contribution in [3.05, 3.63) is 18.6 Å². The molecule has 16 heavy (non-hydrogen) atoms. The van der Waals surface area contributed by atoms with Crippen molar-refractivity contribution in [2.45, 2.75) is 45.2 Å². The molecule has 1 N–H and O–H groups in total. The molecule has 4 heteroatoms. The average Bonchev–Trinajstić information content (AvgIpc) is 2.22. The molecular weight excluding hydrogens is 200 g/mol. The predicted octanol–water partition coefficient (Wildman–Crippen LogP) is 2.10. The van der Waals surface area contributed by atoms with E-state index in [9.17, 15) is 0 Å². The van der Waals surface area contributed by atoms with Crippen LogP contribution in [0.1, 0.15) is 33.6 Å². The van der Waals surface area contributed by atoms with Crippen LogP contribution in [0.2, 0.25) is 0 Å². The highest BCUT2D eigenvalue weighted by molar-refractivity contribution is 5.96. The Bertz CT molecular complexity index is 378. The van der Waals surface area contributed by atoms with Crippen LogP contribution >= 0.6 is 0 Å². The van der Waals surface area contributed by atoms with E-state index in [1.807, 2.05) is 6.07 Å². The van der Waals surface area contributed by atoms with E-state index in [1.165, 1.54) is 18.5 Å². The first-order chi connectivity index (χ1) is 7.54. The zero-order valence-electron chi connectivity index (χ0n) is 10.1. The highest BCUT2D eigenvalue weighted by atomic mass is 15.0. The second-order valence-electron chi connectivity index (χ2n) is 5.16. The summed E-state index contributed by atoms with van der Waals surface area (Å²) in [7, 11) is 0. The Balaban J connectivity index is 2.04. The number of aliphatic imine (C=N–C) groups is 1. The number of aromatic nitrogens is 2. The maximum Gasteiger partial charge on any atom is 0.155 e. The van der Waals surface area contributed by atoms with Crippen molar-refractivity contribution in [1.82, 2.24) is 15.3 Å². The van der Waals surface area contributed by atoms with Crippen molar-refractivity contribution in [3.8, 4) is 0 Å². The van der Waals surface area contributed by atoms with Gasteiger partial charge in [0.2, 0.25) is 0 Å². The Morgan fingerprint density at radius 3 is 2.75 bits per heavy atom. The molecule has 0 aliphatic heterocycles. The van der Waals surface area contributed by atoms with Crippen molar-refractivity contribution >= 4 is 11.5 Å². The summed E-state index contributed by atoms with van der Waals surface area (Å²) in [6.07, 6.45) is 5.49. The Morgan fingerprint density at radius 1 is 1.44 bits per heavy atom. The Morgan fingerprint density at radius 2 is 2.25 bits per heavy atom. The molecule has 0 amide bonds. The molecule has 1 fully saturated rings. The standard InChI is InChI=1S/C12H18N4/c1-12(2,3)16-10-5-4-9(10)15-11-6-7-13-8-14-11/h6-8,10,16H,4-5H2,1-3H3. The molecule has 1 aromatic rings. The molecule has 4 nitrogen and oxygen atoms in total. The zero-order valence-corrected chi connectivity index (χ0v) is 10.1. The highest BCUT2D eigenvalue weighted by Gasteiger charge is 2.29. The van der Waals surface area contributed by atoms with Gasteiger partial charge in [-0.2, -0.15) is 0 Å². The lowest BCUT2D eigenvalue weighted by atomic mass is 9.88. The van der Waals surface area contributed by atoms with E-state index < -0.39 is 0 Å². The van der Waals surface area contributed by atoms with Crippen LogP contribution in [0.4, 0.5) is 5.82 Å². The lowest BCUT2D eigenvalue weighted by Gasteiger charge is -2.35. The summed E-state index contributed by atoms with van der Waals surface area (Å²) in [5.41, 5.74) is 1.34. The molecule has 0 radical (unpaired) electrons. The lowest BCUT2D eigenvalue weighted by Crippen LogP contribution is -2.52. The fraction of sp³-hybridized carbons (Fsp3) is 0.583. The van der Waals surface area contributed by atoms with Crippen LogP contribution in [0.3, 0.4) is 0 Å². The number of nitrogens with zero attached hydrogens (tertiary/aromatic N) is 3. The van der Waals surface area contributed by atoms with Crippen LogP contribution in [-0.2, 0) is 0 Å². The number of nitrogens with one attached hydrogen (secondary N) is 1. The van der Waals surface area contributed by atoms with Gasteiger partial charge in [-0.25, -0.2) is 15.0 Å². The molecule has 1 aliphatic carbocycles. The van der Waals surface area contributed by atoms with Crippen LogP contribution in [-0.4, -0.2) is 27.3 Å². The molecule has 0 spiro atoms. The van der Waals surface area contributed by atoms with E-state index in [4.69, 9.17) is 0 Å². The first-order valence-electron chi connectivity index (χ1n) is 5.66. The third-order valence-electron chi connectivity index (χ3n) is 2.52. The van der Waals surface area contributed by atoms with Gasteiger partial charge in [0.1, 0.15) is 6.33 Å². The fourth-order valence-electron chi connectivity index (χ4n) is 1.73. The minimum atomic E-state index is 0.136. The third-order valence-corrected chi connectivity index (χ3v) is 2.52. The van der Waals surface area contributed by atoms with Crippen molar-refractivity contribution in [1.29, 1.82) is 0 Å². The monoisotopic (exact) mass is 218 g/mol. The molecule has 0 bridgehead atoms. The topological polar surface area (TPSA) is 50.2 Å². The number of hydrogen-bond acceptors (Lipinski definition) is 4. The number of hydrogen-bond donors (Lipinski definition) is 1. The predicted molar refractivity (Wildman–Crippen MR) is 65.0 cm³/mol. The highest BCUT2D eigenvalue weighted by Crippen LogP contribution is 2.22. The summed E-state index contributed by atoms with van der Waals surface area (Å²) >= 11 is 0. The van der Waals surface area contributed by atoms with Gasteiger partial charge >= 0.3 is 0 Å². The minimum Gasteiger partial charge on any atom is -0.304 e. The van der Waals surface area contributed by atoms with Crippen molar-refractivity contribution in [2.24, 2.45) is 4.99 Å². The summed E-state index contributed by atoms with van der Waals surface area (Å²) in [5.74, 6) is 0.755. The Hall–Kier alpha value is -1.29. The largest absolute Gasteiger partial charge is 0.304 e. The van der Waals surface area contributed by atoms with E-state index in [1.54, 1.807) is 6.20 Å². The Labute approximate surface area is 96.2 Å². The van der Waals surface area contributed by atoms with Crippen LogP contribution in [0, 0.1) is 0 Å². The van der Waals surface area contributed by atoms with Crippen LogP contribution in [0.5, 0.6) is 0 Å². The molecule has 1 saturated carbocycles. The van der Waals surface area contributed by atoms with Crippen molar-refractivity contribution in [2.75, 3.05) is 0 Å². The van der Waals surface area contributed by atoms with Crippen LogP contribution in [0.25, 0.3) is 0 Å². The van der Waals surface area contributed by atoms with Gasteiger partial charge in [0.25, 0.3) is 0 Å². The smallest absolute Gasteiger partial charge is 0.155 e. The van der Waals surface area contributed by atoms with Gasteiger partial charge in [-0.3, -0.25) is 0 Å². The summed E-state index contributed by atoms with van der Waals surface area (Å²) in [6, 6.07) is 2.24. The minimum absolute atomic E-state index is 0.136.